The van der Waals surface area contributed by atoms with E-state index in [1.54, 1.807) is 36.4 Å². The third-order valence-corrected chi connectivity index (χ3v) is 17.4. The molecule has 0 bridgehead atoms. The number of nitrogens with one attached hydrogen (secondary N) is 2. The van der Waals surface area contributed by atoms with Gasteiger partial charge in [0.25, 0.3) is 0 Å². The first-order chi connectivity index (χ1) is 30.4. The Kier molecular flexibility index (Phi) is 15.2. The van der Waals surface area contributed by atoms with Crippen LogP contribution in [0.15, 0.2) is 174 Å². The van der Waals surface area contributed by atoms with E-state index in [4.69, 9.17) is 0 Å². The van der Waals surface area contributed by atoms with Crippen molar-refractivity contribution in [1.82, 2.24) is 19.2 Å². The number of carbonyl (C=O) groups is 2. The Morgan fingerprint density at radius 3 is 1.41 bits per heavy atom. The number of sulfonamides is 2. The fourth-order valence-corrected chi connectivity index (χ4v) is 13.5. The first-order valence-electron chi connectivity index (χ1n) is 20.7. The summed E-state index contributed by atoms with van der Waals surface area (Å²) in [7, 11) is -7.54. The maximum Gasteiger partial charge on any atom is 0.249 e. The highest BCUT2D eigenvalue weighted by Gasteiger charge is 2.41. The van der Waals surface area contributed by atoms with Crippen LogP contribution in [0.4, 0.5) is 0 Å². The fourth-order valence-electron chi connectivity index (χ4n) is 7.30. The van der Waals surface area contributed by atoms with E-state index in [2.05, 4.69) is 10.6 Å². The normalized spacial score (nSPS) is 17.3. The average Bonchev–Trinajstić information content (AvgIpc) is 4.04. The Bertz CT molecular complexity index is 2690. The van der Waals surface area contributed by atoms with Crippen LogP contribution in [0, 0.1) is 6.92 Å². The van der Waals surface area contributed by atoms with Crippen molar-refractivity contribution < 1.29 is 26.4 Å². The van der Waals surface area contributed by atoms with Crippen LogP contribution in [0.5, 0.6) is 0 Å². The molecule has 0 aromatic heterocycles. The first kappa shape index (κ1) is 45.8. The van der Waals surface area contributed by atoms with Crippen molar-refractivity contribution in [2.24, 2.45) is 0 Å². The molecule has 63 heavy (non-hydrogen) atoms. The number of benzene rings is 6. The molecule has 2 fully saturated rings. The second-order valence-electron chi connectivity index (χ2n) is 15.2. The SMILES string of the molecule is CC(CNC(=O)C1SCCN1S(=O)(=O)c1ccc(-c2ccccc2)cc1)c1ccccc1.Cc1ccccc1CNC(=O)C1SCCN1S(=O)(=O)c1ccc(-c2ccccc2)cc1. The van der Waals surface area contributed by atoms with Gasteiger partial charge in [0, 0.05) is 37.7 Å². The lowest BCUT2D eigenvalue weighted by molar-refractivity contribution is -0.123. The van der Waals surface area contributed by atoms with Gasteiger partial charge in [-0.2, -0.15) is 8.61 Å². The van der Waals surface area contributed by atoms with Crippen molar-refractivity contribution in [2.75, 3.05) is 31.1 Å². The summed E-state index contributed by atoms with van der Waals surface area (Å²) in [5, 5.41) is 4.33. The predicted octanol–water partition coefficient (Wildman–Crippen LogP) is 8.38. The lowest BCUT2D eigenvalue weighted by Crippen LogP contribution is -2.45. The quantitative estimate of drug-likeness (QED) is 0.118. The van der Waals surface area contributed by atoms with E-state index in [-0.39, 0.29) is 27.5 Å². The molecule has 0 saturated carbocycles. The Morgan fingerprint density at radius 1 is 0.556 bits per heavy atom. The van der Waals surface area contributed by atoms with Crippen molar-refractivity contribution in [3.05, 3.63) is 180 Å². The van der Waals surface area contributed by atoms with E-state index in [1.807, 2.05) is 141 Å². The van der Waals surface area contributed by atoms with E-state index >= 15 is 0 Å². The van der Waals surface area contributed by atoms with Crippen LogP contribution in [-0.2, 0) is 36.2 Å². The first-order valence-corrected chi connectivity index (χ1v) is 25.6. The number of hydrogen-bond donors (Lipinski definition) is 2. The number of rotatable bonds is 13. The average molecular weight is 919 g/mol. The van der Waals surface area contributed by atoms with Gasteiger partial charge < -0.3 is 10.6 Å². The van der Waals surface area contributed by atoms with Gasteiger partial charge in [-0.1, -0.05) is 146 Å². The second-order valence-corrected chi connectivity index (χ2v) is 21.3. The molecule has 6 aromatic rings. The zero-order chi connectivity index (χ0) is 44.4. The summed E-state index contributed by atoms with van der Waals surface area (Å²) in [5.41, 5.74) is 7.19. The fraction of sp³-hybridized carbons (Fsp3) is 0.224. The van der Waals surface area contributed by atoms with Crippen LogP contribution < -0.4 is 10.6 Å². The molecule has 3 atom stereocenters. The molecule has 8 rings (SSSR count). The van der Waals surface area contributed by atoms with Crippen molar-refractivity contribution in [2.45, 2.75) is 46.8 Å². The largest absolute Gasteiger partial charge is 0.353 e. The van der Waals surface area contributed by atoms with Crippen LogP contribution in [-0.4, -0.2) is 79.1 Å². The zero-order valence-electron chi connectivity index (χ0n) is 35.0. The van der Waals surface area contributed by atoms with Gasteiger partial charge in [0.15, 0.2) is 0 Å². The Labute approximate surface area is 379 Å². The molecule has 2 aliphatic heterocycles. The minimum atomic E-state index is -3.77. The predicted molar refractivity (Wildman–Crippen MR) is 255 cm³/mol. The number of aryl methyl sites for hydroxylation is 1. The van der Waals surface area contributed by atoms with Gasteiger partial charge in [0.2, 0.25) is 31.9 Å². The molecular weight excluding hydrogens is 869 g/mol. The van der Waals surface area contributed by atoms with Gasteiger partial charge in [-0.15, -0.1) is 23.5 Å². The van der Waals surface area contributed by atoms with E-state index in [9.17, 15) is 26.4 Å². The molecule has 2 N–H and O–H groups in total. The molecule has 2 amide bonds. The minimum Gasteiger partial charge on any atom is -0.353 e. The highest BCUT2D eigenvalue weighted by Crippen LogP contribution is 2.33. The van der Waals surface area contributed by atoms with Crippen LogP contribution in [0.1, 0.15) is 29.5 Å². The molecule has 0 radical (unpaired) electrons. The number of amides is 2. The molecule has 14 heteroatoms. The van der Waals surface area contributed by atoms with Gasteiger partial charge in [-0.25, -0.2) is 16.8 Å². The number of thioether (sulfide) groups is 2. The molecule has 10 nitrogen and oxygen atoms in total. The summed E-state index contributed by atoms with van der Waals surface area (Å²) in [6.07, 6.45) is 0. The smallest absolute Gasteiger partial charge is 0.249 e. The summed E-state index contributed by atoms with van der Waals surface area (Å²) in [5.74, 6) is 0.773. The van der Waals surface area contributed by atoms with Crippen LogP contribution >= 0.6 is 23.5 Å². The van der Waals surface area contributed by atoms with Crippen molar-refractivity contribution >= 4 is 55.4 Å². The molecule has 6 aromatic carbocycles. The van der Waals surface area contributed by atoms with Gasteiger partial charge in [0.1, 0.15) is 10.7 Å². The monoisotopic (exact) mass is 918 g/mol. The topological polar surface area (TPSA) is 133 Å². The van der Waals surface area contributed by atoms with Crippen molar-refractivity contribution in [3.63, 3.8) is 0 Å². The van der Waals surface area contributed by atoms with Crippen molar-refractivity contribution in [1.29, 1.82) is 0 Å². The molecule has 326 valence electrons. The van der Waals surface area contributed by atoms with Gasteiger partial charge >= 0.3 is 0 Å². The van der Waals surface area contributed by atoms with E-state index in [0.29, 0.717) is 37.7 Å². The maximum atomic E-state index is 13.3. The lowest BCUT2D eigenvalue weighted by Gasteiger charge is -2.23. The van der Waals surface area contributed by atoms with E-state index in [0.717, 1.165) is 38.9 Å². The third kappa shape index (κ3) is 11.1. The van der Waals surface area contributed by atoms with Gasteiger partial charge in [-0.3, -0.25) is 9.59 Å². The zero-order valence-corrected chi connectivity index (χ0v) is 38.3. The highest BCUT2D eigenvalue weighted by molar-refractivity contribution is 8.02. The van der Waals surface area contributed by atoms with Gasteiger partial charge in [0.05, 0.1) is 9.79 Å². The summed E-state index contributed by atoms with van der Waals surface area (Å²) in [6, 6.07) is 51.1. The molecular formula is C49H50N4O6S4. The van der Waals surface area contributed by atoms with Crippen LogP contribution in [0.2, 0.25) is 0 Å². The van der Waals surface area contributed by atoms with E-state index in [1.165, 1.54) is 32.1 Å². The summed E-state index contributed by atoms with van der Waals surface area (Å²) >= 11 is 2.72. The molecule has 3 unspecified atom stereocenters. The lowest BCUT2D eigenvalue weighted by atomic mass is 10.0. The molecule has 2 heterocycles. The molecule has 0 aliphatic carbocycles. The van der Waals surface area contributed by atoms with E-state index < -0.39 is 30.8 Å². The third-order valence-electron chi connectivity index (χ3n) is 10.9. The summed E-state index contributed by atoms with van der Waals surface area (Å²) in [4.78, 5) is 26.1. The number of carbonyl (C=O) groups excluding carboxylic acids is 2. The Morgan fingerprint density at radius 2 is 0.952 bits per heavy atom. The number of hydrogen-bond acceptors (Lipinski definition) is 8. The van der Waals surface area contributed by atoms with Gasteiger partial charge in [-0.05, 0) is 76.1 Å². The van der Waals surface area contributed by atoms with Crippen LogP contribution in [0.25, 0.3) is 22.3 Å². The van der Waals surface area contributed by atoms with Crippen molar-refractivity contribution in [3.8, 4) is 22.3 Å². The maximum absolute atomic E-state index is 13.3. The molecule has 0 spiro atoms. The summed E-state index contributed by atoms with van der Waals surface area (Å²) < 4.78 is 55.7. The standard InChI is InChI=1S/C25H26N2O3S2.C24H24N2O3S2/c1-19(20-8-4-2-5-9-20)18-26-24(28)25-27(16-17-31-25)32(29,30)23-14-12-22(13-15-23)21-10-6-3-7-11-21;1-18-7-5-6-10-21(18)17-25-23(27)24-26(15-16-30-24)31(28,29)22-13-11-20(12-14-22)19-8-3-2-4-9-19/h2-15,19,25H,16-18H2,1H3,(H,26,28);2-14,24H,15-17H2,1H3,(H,25,27). The summed E-state index contributed by atoms with van der Waals surface area (Å²) in [6.45, 7) is 5.50. The molecule has 2 aliphatic rings. The Hall–Kier alpha value is -5.22. The minimum absolute atomic E-state index is 0.141. The Balaban J connectivity index is 0.000000189. The second kappa shape index (κ2) is 21.0. The highest BCUT2D eigenvalue weighted by atomic mass is 32.2. The molecule has 2 saturated heterocycles. The number of nitrogens with zero attached hydrogens (tertiary/aromatic N) is 2. The van der Waals surface area contributed by atoms with Crippen LogP contribution in [0.3, 0.4) is 0 Å².